The first-order valence-corrected chi connectivity index (χ1v) is 8.84. The van der Waals surface area contributed by atoms with Crippen molar-refractivity contribution in [3.05, 3.63) is 62.6 Å². The molecule has 1 amide bonds. The number of hydrogen-bond acceptors (Lipinski definition) is 2. The Morgan fingerprint density at radius 1 is 0.917 bits per heavy atom. The van der Waals surface area contributed by atoms with Gasteiger partial charge in [-0.2, -0.15) is 0 Å². The molecular formula is C18H17Cl3N2O. The van der Waals surface area contributed by atoms with Crippen LogP contribution in [-0.2, 0) is 0 Å². The Balaban J connectivity index is 1.68. The largest absolute Gasteiger partial charge is 0.368 e. The highest BCUT2D eigenvalue weighted by Gasteiger charge is 2.23. The highest BCUT2D eigenvalue weighted by Crippen LogP contribution is 2.25. The molecule has 3 rings (SSSR count). The Kier molecular flexibility index (Phi) is 5.24. The number of anilines is 1. The van der Waals surface area contributed by atoms with E-state index in [0.717, 1.165) is 29.4 Å². The van der Waals surface area contributed by atoms with Gasteiger partial charge in [-0.05, 0) is 42.8 Å². The van der Waals surface area contributed by atoms with Crippen molar-refractivity contribution in [2.75, 3.05) is 31.1 Å². The van der Waals surface area contributed by atoms with Gasteiger partial charge in [0.2, 0.25) is 0 Å². The van der Waals surface area contributed by atoms with Gasteiger partial charge in [-0.1, -0.05) is 40.9 Å². The summed E-state index contributed by atoms with van der Waals surface area (Å²) in [6.45, 7) is 4.81. The molecule has 126 valence electrons. The first kappa shape index (κ1) is 17.4. The molecule has 0 unspecified atom stereocenters. The lowest BCUT2D eigenvalue weighted by Crippen LogP contribution is -2.48. The number of carbonyl (C=O) groups excluding carboxylic acids is 1. The molecule has 2 aromatic carbocycles. The molecule has 1 heterocycles. The molecule has 1 saturated heterocycles. The van der Waals surface area contributed by atoms with Gasteiger partial charge in [0.15, 0.2) is 0 Å². The Hall–Kier alpha value is -1.42. The lowest BCUT2D eigenvalue weighted by Gasteiger charge is -2.36. The van der Waals surface area contributed by atoms with Gasteiger partial charge in [0.25, 0.3) is 5.91 Å². The van der Waals surface area contributed by atoms with Crippen molar-refractivity contribution in [1.82, 2.24) is 4.90 Å². The maximum absolute atomic E-state index is 12.6. The van der Waals surface area contributed by atoms with E-state index in [-0.39, 0.29) is 5.91 Å². The van der Waals surface area contributed by atoms with Crippen molar-refractivity contribution >= 4 is 46.4 Å². The van der Waals surface area contributed by atoms with Gasteiger partial charge in [-0.25, -0.2) is 0 Å². The number of amides is 1. The maximum atomic E-state index is 12.6. The smallest absolute Gasteiger partial charge is 0.254 e. The topological polar surface area (TPSA) is 23.6 Å². The number of nitrogens with zero attached hydrogens (tertiary/aromatic N) is 2. The minimum absolute atomic E-state index is 0.0408. The summed E-state index contributed by atoms with van der Waals surface area (Å²) in [5.41, 5.74) is 2.68. The van der Waals surface area contributed by atoms with E-state index >= 15 is 0 Å². The molecule has 0 aromatic heterocycles. The second kappa shape index (κ2) is 7.22. The molecule has 1 aliphatic heterocycles. The molecule has 6 heteroatoms. The van der Waals surface area contributed by atoms with Crippen molar-refractivity contribution < 1.29 is 4.79 Å². The summed E-state index contributed by atoms with van der Waals surface area (Å²) < 4.78 is 0. The number of carbonyl (C=O) groups is 1. The van der Waals surface area contributed by atoms with Gasteiger partial charge >= 0.3 is 0 Å². The third-order valence-electron chi connectivity index (χ3n) is 4.20. The lowest BCUT2D eigenvalue weighted by atomic mass is 10.1. The summed E-state index contributed by atoms with van der Waals surface area (Å²) in [4.78, 5) is 16.7. The molecule has 0 atom stereocenters. The van der Waals surface area contributed by atoms with Crippen LogP contribution >= 0.6 is 34.8 Å². The van der Waals surface area contributed by atoms with Gasteiger partial charge in [0, 0.05) is 52.5 Å². The number of benzene rings is 2. The molecule has 0 saturated carbocycles. The van der Waals surface area contributed by atoms with E-state index < -0.39 is 0 Å². The van der Waals surface area contributed by atoms with Crippen LogP contribution in [0.3, 0.4) is 0 Å². The van der Waals surface area contributed by atoms with Crippen molar-refractivity contribution in [2.24, 2.45) is 0 Å². The number of rotatable bonds is 2. The van der Waals surface area contributed by atoms with Gasteiger partial charge in [0.05, 0.1) is 0 Å². The molecule has 1 fully saturated rings. The van der Waals surface area contributed by atoms with E-state index in [1.165, 1.54) is 0 Å². The first-order valence-electron chi connectivity index (χ1n) is 7.70. The fraction of sp³-hybridized carbons (Fsp3) is 0.278. The van der Waals surface area contributed by atoms with Crippen LogP contribution in [0.15, 0.2) is 36.4 Å². The van der Waals surface area contributed by atoms with Crippen LogP contribution in [0.1, 0.15) is 15.9 Å². The molecule has 0 spiro atoms. The summed E-state index contributed by atoms with van der Waals surface area (Å²) in [5.74, 6) is -0.0408. The van der Waals surface area contributed by atoms with E-state index in [9.17, 15) is 4.79 Å². The maximum Gasteiger partial charge on any atom is 0.254 e. The fourth-order valence-corrected chi connectivity index (χ4v) is 3.51. The molecule has 3 nitrogen and oxygen atoms in total. The Bertz CT molecular complexity index is 751. The Morgan fingerprint density at radius 3 is 2.12 bits per heavy atom. The summed E-state index contributed by atoms with van der Waals surface area (Å²) in [5, 5.41) is 1.71. The van der Waals surface area contributed by atoms with Gasteiger partial charge < -0.3 is 9.80 Å². The predicted octanol–water partition coefficient (Wildman–Crippen LogP) is 4.92. The molecule has 24 heavy (non-hydrogen) atoms. The van der Waals surface area contributed by atoms with E-state index in [1.807, 2.05) is 24.0 Å². The summed E-state index contributed by atoms with van der Waals surface area (Å²) in [6, 6.07) is 11.0. The number of piperazine rings is 1. The molecule has 0 bridgehead atoms. The molecule has 0 radical (unpaired) electrons. The van der Waals surface area contributed by atoms with Crippen LogP contribution in [0.25, 0.3) is 0 Å². The number of hydrogen-bond donors (Lipinski definition) is 0. The highest BCUT2D eigenvalue weighted by molar-refractivity contribution is 6.35. The van der Waals surface area contributed by atoms with Crippen molar-refractivity contribution in [3.63, 3.8) is 0 Å². The SMILES string of the molecule is Cc1ccc(N2CCN(C(=O)c3cc(Cl)cc(Cl)c3)CC2)cc1Cl. The summed E-state index contributed by atoms with van der Waals surface area (Å²) >= 11 is 18.2. The molecule has 1 aliphatic rings. The van der Waals surface area contributed by atoms with Crippen LogP contribution in [0.4, 0.5) is 5.69 Å². The third-order valence-corrected chi connectivity index (χ3v) is 5.04. The lowest BCUT2D eigenvalue weighted by molar-refractivity contribution is 0.0747. The zero-order valence-corrected chi connectivity index (χ0v) is 15.5. The van der Waals surface area contributed by atoms with Crippen molar-refractivity contribution in [2.45, 2.75) is 6.92 Å². The average molecular weight is 384 g/mol. The van der Waals surface area contributed by atoms with Crippen LogP contribution in [0, 0.1) is 6.92 Å². The normalized spacial score (nSPS) is 14.8. The molecular weight excluding hydrogens is 367 g/mol. The highest BCUT2D eigenvalue weighted by atomic mass is 35.5. The predicted molar refractivity (Wildman–Crippen MR) is 101 cm³/mol. The number of aryl methyl sites for hydroxylation is 1. The van der Waals surface area contributed by atoms with Crippen molar-refractivity contribution in [1.29, 1.82) is 0 Å². The summed E-state index contributed by atoms with van der Waals surface area (Å²) in [7, 11) is 0. The average Bonchev–Trinajstić information content (AvgIpc) is 2.56. The molecule has 2 aromatic rings. The zero-order chi connectivity index (χ0) is 17.3. The quantitative estimate of drug-likeness (QED) is 0.735. The van der Waals surface area contributed by atoms with E-state index in [0.29, 0.717) is 28.7 Å². The van der Waals surface area contributed by atoms with Crippen molar-refractivity contribution in [3.8, 4) is 0 Å². The van der Waals surface area contributed by atoms with E-state index in [2.05, 4.69) is 11.0 Å². The van der Waals surface area contributed by atoms with Crippen LogP contribution < -0.4 is 4.90 Å². The van der Waals surface area contributed by atoms with Gasteiger partial charge in [0.1, 0.15) is 0 Å². The van der Waals surface area contributed by atoms with Crippen LogP contribution in [0.2, 0.25) is 15.1 Å². The van der Waals surface area contributed by atoms with Gasteiger partial charge in [-0.15, -0.1) is 0 Å². The number of halogens is 3. The second-order valence-electron chi connectivity index (χ2n) is 5.87. The van der Waals surface area contributed by atoms with Gasteiger partial charge in [-0.3, -0.25) is 4.79 Å². The molecule has 0 aliphatic carbocycles. The standard InChI is InChI=1S/C18H17Cl3N2O/c1-12-2-3-16(11-17(12)21)22-4-6-23(7-5-22)18(24)13-8-14(19)10-15(20)9-13/h2-3,8-11H,4-7H2,1H3. The summed E-state index contributed by atoms with van der Waals surface area (Å²) in [6.07, 6.45) is 0. The van der Waals surface area contributed by atoms with Crippen LogP contribution in [-0.4, -0.2) is 37.0 Å². The third kappa shape index (κ3) is 3.80. The second-order valence-corrected chi connectivity index (χ2v) is 7.15. The minimum Gasteiger partial charge on any atom is -0.368 e. The monoisotopic (exact) mass is 382 g/mol. The molecule has 0 N–H and O–H groups in total. The fourth-order valence-electron chi connectivity index (χ4n) is 2.81. The Morgan fingerprint density at radius 2 is 1.54 bits per heavy atom. The Labute approximate surface area is 156 Å². The van der Waals surface area contributed by atoms with E-state index in [4.69, 9.17) is 34.8 Å². The van der Waals surface area contributed by atoms with E-state index in [1.54, 1.807) is 18.2 Å². The minimum atomic E-state index is -0.0408. The first-order chi connectivity index (χ1) is 11.4. The zero-order valence-electron chi connectivity index (χ0n) is 13.2. The van der Waals surface area contributed by atoms with Crippen LogP contribution in [0.5, 0.6) is 0 Å².